The van der Waals surface area contributed by atoms with E-state index in [1.54, 1.807) is 31.2 Å². The quantitative estimate of drug-likeness (QED) is 0.558. The summed E-state index contributed by atoms with van der Waals surface area (Å²) in [5, 5.41) is 3.12. The molecule has 6 nitrogen and oxygen atoms in total. The summed E-state index contributed by atoms with van der Waals surface area (Å²) in [6.07, 6.45) is 0. The number of ether oxygens (including phenoxy) is 2. The van der Waals surface area contributed by atoms with E-state index >= 15 is 0 Å². The standard InChI is InChI=1S/C24H25ClN2O4/c1-15-9-10-17(24(29)30-4)12-20(15)27-16(2)11-21(22(25)23(27)28)31-14-19-8-6-5-7-18(19)13-26-3/h5-12,26H,13-14H2,1-4H3. The zero-order valence-corrected chi connectivity index (χ0v) is 18.7. The molecule has 3 rings (SSSR count). The first kappa shape index (κ1) is 22.6. The van der Waals surface area contributed by atoms with Crippen LogP contribution in [-0.4, -0.2) is 24.7 Å². The normalized spacial score (nSPS) is 10.7. The number of methoxy groups -OCH3 is 1. The number of benzene rings is 2. The number of carbonyl (C=O) groups is 1. The summed E-state index contributed by atoms with van der Waals surface area (Å²) in [5.74, 6) is -0.153. The predicted octanol–water partition coefficient (Wildman–Crippen LogP) is 4.19. The largest absolute Gasteiger partial charge is 0.487 e. The number of aryl methyl sites for hydroxylation is 2. The van der Waals surface area contributed by atoms with Gasteiger partial charge in [-0.05, 0) is 49.7 Å². The summed E-state index contributed by atoms with van der Waals surface area (Å²) in [7, 11) is 3.20. The molecule has 1 heterocycles. The van der Waals surface area contributed by atoms with Crippen molar-refractivity contribution < 1.29 is 14.3 Å². The first-order valence-electron chi connectivity index (χ1n) is 9.83. The van der Waals surface area contributed by atoms with Gasteiger partial charge in [0.25, 0.3) is 5.56 Å². The smallest absolute Gasteiger partial charge is 0.337 e. The van der Waals surface area contributed by atoms with E-state index in [9.17, 15) is 9.59 Å². The van der Waals surface area contributed by atoms with Crippen molar-refractivity contribution in [1.29, 1.82) is 0 Å². The van der Waals surface area contributed by atoms with Crippen molar-refractivity contribution in [2.45, 2.75) is 27.0 Å². The van der Waals surface area contributed by atoms with Gasteiger partial charge >= 0.3 is 5.97 Å². The van der Waals surface area contributed by atoms with Crippen LogP contribution in [0.4, 0.5) is 0 Å². The van der Waals surface area contributed by atoms with E-state index in [4.69, 9.17) is 21.1 Å². The van der Waals surface area contributed by atoms with E-state index < -0.39 is 11.5 Å². The van der Waals surface area contributed by atoms with Gasteiger partial charge in [-0.25, -0.2) is 4.79 Å². The Labute approximate surface area is 186 Å². The van der Waals surface area contributed by atoms with E-state index in [1.807, 2.05) is 38.2 Å². The Bertz CT molecular complexity index is 1170. The number of pyridine rings is 1. The average Bonchev–Trinajstić information content (AvgIpc) is 2.77. The van der Waals surface area contributed by atoms with E-state index in [-0.39, 0.29) is 11.6 Å². The van der Waals surface area contributed by atoms with E-state index in [0.717, 1.165) is 16.7 Å². The monoisotopic (exact) mass is 440 g/mol. The molecule has 0 amide bonds. The topological polar surface area (TPSA) is 69.6 Å². The van der Waals surface area contributed by atoms with Crippen LogP contribution in [0.1, 0.15) is 32.7 Å². The third-order valence-electron chi connectivity index (χ3n) is 5.04. The van der Waals surface area contributed by atoms with Gasteiger partial charge in [0.2, 0.25) is 0 Å². The maximum absolute atomic E-state index is 13.1. The molecule has 1 N–H and O–H groups in total. The molecule has 0 aliphatic carbocycles. The highest BCUT2D eigenvalue weighted by molar-refractivity contribution is 6.31. The van der Waals surface area contributed by atoms with Crippen molar-refractivity contribution in [2.75, 3.05) is 14.2 Å². The molecule has 0 aliphatic heterocycles. The molecule has 3 aromatic rings. The van der Waals surface area contributed by atoms with Gasteiger partial charge in [-0.2, -0.15) is 0 Å². The fourth-order valence-electron chi connectivity index (χ4n) is 3.40. The van der Waals surface area contributed by atoms with Crippen LogP contribution in [0.25, 0.3) is 5.69 Å². The highest BCUT2D eigenvalue weighted by atomic mass is 35.5. The molecule has 0 atom stereocenters. The van der Waals surface area contributed by atoms with Crippen LogP contribution >= 0.6 is 11.6 Å². The summed E-state index contributed by atoms with van der Waals surface area (Å²) in [6, 6.07) is 14.7. The van der Waals surface area contributed by atoms with Crippen molar-refractivity contribution in [2.24, 2.45) is 0 Å². The van der Waals surface area contributed by atoms with Crippen LogP contribution in [-0.2, 0) is 17.9 Å². The van der Waals surface area contributed by atoms with Gasteiger partial charge in [-0.15, -0.1) is 0 Å². The van der Waals surface area contributed by atoms with E-state index in [1.165, 1.54) is 11.7 Å². The number of rotatable bonds is 7. The first-order chi connectivity index (χ1) is 14.9. The van der Waals surface area contributed by atoms with Crippen molar-refractivity contribution in [3.63, 3.8) is 0 Å². The Morgan fingerprint density at radius 1 is 1.10 bits per heavy atom. The Morgan fingerprint density at radius 2 is 1.81 bits per heavy atom. The molecular formula is C24H25ClN2O4. The fourth-order valence-corrected chi connectivity index (χ4v) is 3.59. The molecule has 0 saturated heterocycles. The van der Waals surface area contributed by atoms with Crippen molar-refractivity contribution in [3.05, 3.63) is 91.9 Å². The number of carbonyl (C=O) groups excluding carboxylic acids is 1. The molecule has 0 radical (unpaired) electrons. The average molecular weight is 441 g/mol. The lowest BCUT2D eigenvalue weighted by molar-refractivity contribution is 0.0600. The van der Waals surface area contributed by atoms with Crippen LogP contribution < -0.4 is 15.6 Å². The lowest BCUT2D eigenvalue weighted by Crippen LogP contribution is -2.23. The SMILES string of the molecule is CNCc1ccccc1COc1cc(C)n(-c2cc(C(=O)OC)ccc2C)c(=O)c1Cl. The minimum Gasteiger partial charge on any atom is -0.487 e. The zero-order chi connectivity index (χ0) is 22.5. The first-order valence-corrected chi connectivity index (χ1v) is 10.2. The molecule has 0 saturated carbocycles. The van der Waals surface area contributed by atoms with Crippen LogP contribution in [0.3, 0.4) is 0 Å². The predicted molar refractivity (Wildman–Crippen MR) is 121 cm³/mol. The molecule has 0 fully saturated rings. The second-order valence-corrected chi connectivity index (χ2v) is 7.56. The number of nitrogens with one attached hydrogen (secondary N) is 1. The van der Waals surface area contributed by atoms with Crippen LogP contribution in [0.2, 0.25) is 5.02 Å². The number of aromatic nitrogens is 1. The van der Waals surface area contributed by atoms with E-state index in [2.05, 4.69) is 5.32 Å². The fraction of sp³-hybridized carbons (Fsp3) is 0.250. The molecule has 0 aliphatic rings. The molecule has 0 unspecified atom stereocenters. The van der Waals surface area contributed by atoms with Crippen LogP contribution in [0, 0.1) is 13.8 Å². The minimum atomic E-state index is -0.474. The van der Waals surface area contributed by atoms with Gasteiger partial charge in [0, 0.05) is 18.3 Å². The Kier molecular flexibility index (Phi) is 7.15. The molecular weight excluding hydrogens is 416 g/mol. The number of halogens is 1. The Hall–Kier alpha value is -3.09. The highest BCUT2D eigenvalue weighted by Gasteiger charge is 2.17. The second-order valence-electron chi connectivity index (χ2n) is 7.19. The van der Waals surface area contributed by atoms with Crippen molar-refractivity contribution >= 4 is 17.6 Å². The lowest BCUT2D eigenvalue weighted by Gasteiger charge is -2.17. The van der Waals surface area contributed by atoms with Crippen LogP contribution in [0.15, 0.2) is 53.3 Å². The lowest BCUT2D eigenvalue weighted by atomic mass is 10.1. The molecule has 162 valence electrons. The second kappa shape index (κ2) is 9.81. The molecule has 0 spiro atoms. The molecule has 2 aromatic carbocycles. The van der Waals surface area contributed by atoms with Crippen LogP contribution in [0.5, 0.6) is 5.75 Å². The maximum Gasteiger partial charge on any atom is 0.337 e. The van der Waals surface area contributed by atoms with Gasteiger partial charge in [0.05, 0.1) is 18.4 Å². The van der Waals surface area contributed by atoms with Gasteiger partial charge in [-0.1, -0.05) is 41.9 Å². The summed E-state index contributed by atoms with van der Waals surface area (Å²) in [4.78, 5) is 25.1. The number of esters is 1. The molecule has 0 bridgehead atoms. The van der Waals surface area contributed by atoms with Gasteiger partial charge < -0.3 is 14.8 Å². The van der Waals surface area contributed by atoms with Crippen molar-refractivity contribution in [3.8, 4) is 11.4 Å². The third kappa shape index (κ3) is 4.81. The minimum absolute atomic E-state index is 0.0143. The number of nitrogens with zero attached hydrogens (tertiary/aromatic N) is 1. The number of hydrogen-bond acceptors (Lipinski definition) is 5. The van der Waals surface area contributed by atoms with E-state index in [0.29, 0.717) is 29.2 Å². The summed E-state index contributed by atoms with van der Waals surface area (Å²) < 4.78 is 12.2. The summed E-state index contributed by atoms with van der Waals surface area (Å²) in [5.41, 5.74) is 4.09. The highest BCUT2D eigenvalue weighted by Crippen LogP contribution is 2.26. The van der Waals surface area contributed by atoms with Gasteiger partial charge in [-0.3, -0.25) is 9.36 Å². The van der Waals surface area contributed by atoms with Gasteiger partial charge in [0.15, 0.2) is 0 Å². The molecule has 7 heteroatoms. The van der Waals surface area contributed by atoms with Crippen molar-refractivity contribution in [1.82, 2.24) is 9.88 Å². The summed E-state index contributed by atoms with van der Waals surface area (Å²) >= 11 is 6.41. The zero-order valence-electron chi connectivity index (χ0n) is 18.0. The maximum atomic E-state index is 13.1. The number of hydrogen-bond donors (Lipinski definition) is 1. The summed E-state index contributed by atoms with van der Waals surface area (Å²) in [6.45, 7) is 4.66. The third-order valence-corrected chi connectivity index (χ3v) is 5.39. The Balaban J connectivity index is 1.98. The Morgan fingerprint density at radius 3 is 2.48 bits per heavy atom. The molecule has 31 heavy (non-hydrogen) atoms. The molecule has 1 aromatic heterocycles. The van der Waals surface area contributed by atoms with Gasteiger partial charge in [0.1, 0.15) is 17.4 Å².